The van der Waals surface area contributed by atoms with Crippen LogP contribution in [0.3, 0.4) is 0 Å². The van der Waals surface area contributed by atoms with E-state index >= 15 is 0 Å². The molecule has 0 saturated heterocycles. The van der Waals surface area contributed by atoms with E-state index in [1.54, 1.807) is 0 Å². The van der Waals surface area contributed by atoms with Crippen LogP contribution in [0.15, 0.2) is 18.2 Å². The average Bonchev–Trinajstić information content (AvgIpc) is 2.37. The van der Waals surface area contributed by atoms with Crippen molar-refractivity contribution in [1.29, 1.82) is 0 Å². The molecule has 0 radical (unpaired) electrons. The molecule has 1 atom stereocenters. The molecule has 2 N–H and O–H groups in total. The Hall–Kier alpha value is -2.19. The fourth-order valence-electron chi connectivity index (χ4n) is 1.90. The lowest BCUT2D eigenvalue weighted by atomic mass is 10.1. The molecule has 0 aliphatic carbocycles. The Kier molecular flexibility index (Phi) is 5.42. The number of benzene rings is 1. The Balaban J connectivity index is 3.18. The third kappa shape index (κ3) is 3.65. The number of carboxylic acid groups (broad SMARTS) is 1. The summed E-state index contributed by atoms with van der Waals surface area (Å²) in [6, 6.07) is 3.81. The molecule has 0 aliphatic heterocycles. The fourth-order valence-corrected chi connectivity index (χ4v) is 1.90. The third-order valence-corrected chi connectivity index (χ3v) is 2.67. The molecule has 1 unspecified atom stereocenters. The zero-order chi connectivity index (χ0) is 15.3. The molecule has 110 valence electrons. The summed E-state index contributed by atoms with van der Waals surface area (Å²) in [6.45, 7) is 0.0619. The van der Waals surface area contributed by atoms with Gasteiger partial charge in [0.15, 0.2) is 0 Å². The Morgan fingerprint density at radius 1 is 1.55 bits per heavy atom. The van der Waals surface area contributed by atoms with Gasteiger partial charge >= 0.3 is 5.97 Å². The van der Waals surface area contributed by atoms with Gasteiger partial charge in [0.05, 0.1) is 23.2 Å². The van der Waals surface area contributed by atoms with Crippen molar-refractivity contribution >= 4 is 17.3 Å². The van der Waals surface area contributed by atoms with E-state index in [0.29, 0.717) is 0 Å². The summed E-state index contributed by atoms with van der Waals surface area (Å²) in [7, 11) is 2.89. The van der Waals surface area contributed by atoms with Crippen molar-refractivity contribution in [2.24, 2.45) is 0 Å². The minimum atomic E-state index is -1.27. The summed E-state index contributed by atoms with van der Waals surface area (Å²) in [6.07, 6.45) is -0.883. The molecule has 20 heavy (non-hydrogen) atoms. The van der Waals surface area contributed by atoms with Gasteiger partial charge in [-0.1, -0.05) is 6.07 Å². The van der Waals surface area contributed by atoms with E-state index in [2.05, 4.69) is 0 Å². The number of rotatable bonds is 7. The first-order valence-electron chi connectivity index (χ1n) is 5.77. The first-order chi connectivity index (χ1) is 9.38. The lowest BCUT2D eigenvalue weighted by Gasteiger charge is -2.23. The topological polar surface area (TPSA) is 113 Å². The molecule has 0 spiro atoms. The lowest BCUT2D eigenvalue weighted by Crippen LogP contribution is -2.33. The SMILES string of the molecule is COCC(O)CN(C)c1c(C(=O)O)cccc1[N+](=O)[O-]. The van der Waals surface area contributed by atoms with Crippen LogP contribution in [-0.4, -0.2) is 54.5 Å². The maximum atomic E-state index is 11.2. The maximum Gasteiger partial charge on any atom is 0.338 e. The number of methoxy groups -OCH3 is 1. The molecule has 8 heteroatoms. The van der Waals surface area contributed by atoms with Gasteiger partial charge in [-0.3, -0.25) is 10.1 Å². The second-order valence-corrected chi connectivity index (χ2v) is 4.23. The number of anilines is 1. The molecule has 8 nitrogen and oxygen atoms in total. The van der Waals surface area contributed by atoms with Crippen LogP contribution in [0.5, 0.6) is 0 Å². The first kappa shape index (κ1) is 15.9. The number of ether oxygens (including phenoxy) is 1. The van der Waals surface area contributed by atoms with Gasteiger partial charge in [-0.15, -0.1) is 0 Å². The van der Waals surface area contributed by atoms with Crippen molar-refractivity contribution in [1.82, 2.24) is 0 Å². The van der Waals surface area contributed by atoms with Crippen molar-refractivity contribution < 1.29 is 24.7 Å². The van der Waals surface area contributed by atoms with Gasteiger partial charge in [0.1, 0.15) is 5.69 Å². The summed E-state index contributed by atoms with van der Waals surface area (Å²) in [5.41, 5.74) is -0.552. The zero-order valence-electron chi connectivity index (χ0n) is 11.1. The molecule has 1 aromatic carbocycles. The number of aliphatic hydroxyl groups excluding tert-OH is 1. The zero-order valence-corrected chi connectivity index (χ0v) is 11.1. The van der Waals surface area contributed by atoms with Crippen LogP contribution in [0.4, 0.5) is 11.4 Å². The van der Waals surface area contributed by atoms with Gasteiger partial charge < -0.3 is 19.8 Å². The van der Waals surface area contributed by atoms with E-state index in [0.717, 1.165) is 0 Å². The average molecular weight is 284 g/mol. The molecule has 0 saturated carbocycles. The van der Waals surface area contributed by atoms with Gasteiger partial charge in [0.25, 0.3) is 5.69 Å². The van der Waals surface area contributed by atoms with Crippen molar-refractivity contribution in [3.8, 4) is 0 Å². The molecule has 0 aromatic heterocycles. The molecule has 0 bridgehead atoms. The number of carbonyl (C=O) groups is 1. The van der Waals surface area contributed by atoms with Crippen LogP contribution in [0.2, 0.25) is 0 Å². The number of hydrogen-bond donors (Lipinski definition) is 2. The second-order valence-electron chi connectivity index (χ2n) is 4.23. The van der Waals surface area contributed by atoms with Crippen LogP contribution in [-0.2, 0) is 4.74 Å². The summed E-state index contributed by atoms with van der Waals surface area (Å²) in [5.74, 6) is -1.27. The quantitative estimate of drug-likeness (QED) is 0.560. The third-order valence-electron chi connectivity index (χ3n) is 2.67. The number of para-hydroxylation sites is 1. The number of carboxylic acids is 1. The van der Waals surface area contributed by atoms with E-state index in [1.807, 2.05) is 0 Å². The Morgan fingerprint density at radius 3 is 2.70 bits per heavy atom. The van der Waals surface area contributed by atoms with Gasteiger partial charge in [-0.2, -0.15) is 0 Å². The van der Waals surface area contributed by atoms with Crippen molar-refractivity contribution in [3.05, 3.63) is 33.9 Å². The number of nitro groups is 1. The standard InChI is InChI=1S/C12H16N2O6/c1-13(6-8(15)7-20-2)11-9(12(16)17)4-3-5-10(11)14(18)19/h3-5,8,15H,6-7H2,1-2H3,(H,16,17). The highest BCUT2D eigenvalue weighted by Crippen LogP contribution is 2.31. The summed E-state index contributed by atoms with van der Waals surface area (Å²) >= 11 is 0. The van der Waals surface area contributed by atoms with Crippen molar-refractivity contribution in [2.45, 2.75) is 6.10 Å². The fraction of sp³-hybridized carbons (Fsp3) is 0.417. The number of nitro benzene ring substituents is 1. The van der Waals surface area contributed by atoms with Crippen molar-refractivity contribution in [2.75, 3.05) is 32.2 Å². The predicted octanol–water partition coefficient (Wildman–Crippen LogP) is 0.736. The van der Waals surface area contributed by atoms with Gasteiger partial charge in [-0.25, -0.2) is 4.79 Å². The highest BCUT2D eigenvalue weighted by atomic mass is 16.6. The van der Waals surface area contributed by atoms with E-state index in [4.69, 9.17) is 9.84 Å². The summed E-state index contributed by atoms with van der Waals surface area (Å²) < 4.78 is 4.77. The van der Waals surface area contributed by atoms with E-state index < -0.39 is 17.0 Å². The number of aromatic carboxylic acids is 1. The Labute approximate surface area is 115 Å². The van der Waals surface area contributed by atoms with Crippen LogP contribution >= 0.6 is 0 Å². The smallest absolute Gasteiger partial charge is 0.338 e. The maximum absolute atomic E-state index is 11.2. The van der Waals surface area contributed by atoms with Crippen LogP contribution in [0.25, 0.3) is 0 Å². The lowest BCUT2D eigenvalue weighted by molar-refractivity contribution is -0.384. The number of hydrogen-bond acceptors (Lipinski definition) is 6. The van der Waals surface area contributed by atoms with E-state index in [-0.39, 0.29) is 30.1 Å². The molecule has 1 aromatic rings. The minimum absolute atomic E-state index is 0.0129. The molecular formula is C12H16N2O6. The normalized spacial score (nSPS) is 11.9. The molecule has 1 rings (SSSR count). The van der Waals surface area contributed by atoms with Crippen molar-refractivity contribution in [3.63, 3.8) is 0 Å². The molecule has 0 amide bonds. The molecular weight excluding hydrogens is 268 g/mol. The largest absolute Gasteiger partial charge is 0.478 e. The van der Waals surface area contributed by atoms with E-state index in [1.165, 1.54) is 37.3 Å². The number of aliphatic hydroxyl groups is 1. The summed E-state index contributed by atoms with van der Waals surface area (Å²) in [5, 5.41) is 29.8. The number of likely N-dealkylation sites (N-methyl/N-ethyl adjacent to an activating group) is 1. The number of nitrogens with zero attached hydrogens (tertiary/aromatic N) is 2. The monoisotopic (exact) mass is 284 g/mol. The summed E-state index contributed by atoms with van der Waals surface area (Å²) in [4.78, 5) is 22.9. The molecule has 0 aliphatic rings. The van der Waals surface area contributed by atoms with Gasteiger partial charge in [0, 0.05) is 26.8 Å². The second kappa shape index (κ2) is 6.83. The van der Waals surface area contributed by atoms with Crippen LogP contribution in [0.1, 0.15) is 10.4 Å². The van der Waals surface area contributed by atoms with Gasteiger partial charge in [0.2, 0.25) is 0 Å². The minimum Gasteiger partial charge on any atom is -0.478 e. The first-order valence-corrected chi connectivity index (χ1v) is 5.77. The molecule has 0 fully saturated rings. The predicted molar refractivity (Wildman–Crippen MR) is 71.2 cm³/mol. The highest BCUT2D eigenvalue weighted by molar-refractivity contribution is 5.97. The van der Waals surface area contributed by atoms with Crippen LogP contribution in [0, 0.1) is 10.1 Å². The highest BCUT2D eigenvalue weighted by Gasteiger charge is 2.25. The Morgan fingerprint density at radius 2 is 2.20 bits per heavy atom. The molecule has 0 heterocycles. The van der Waals surface area contributed by atoms with Gasteiger partial charge in [-0.05, 0) is 6.07 Å². The Bertz CT molecular complexity index is 472. The van der Waals surface area contributed by atoms with Crippen LogP contribution < -0.4 is 4.90 Å². The van der Waals surface area contributed by atoms with E-state index in [9.17, 15) is 20.0 Å².